The van der Waals surface area contributed by atoms with E-state index in [0.29, 0.717) is 0 Å². The number of aliphatic carboxylic acids is 2. The molecule has 1 aromatic rings. The Kier molecular flexibility index (Phi) is 7.58. The van der Waals surface area contributed by atoms with Crippen LogP contribution in [0.5, 0.6) is 0 Å². The third-order valence-corrected chi connectivity index (χ3v) is 2.17. The predicted molar refractivity (Wildman–Crippen MR) is 43.8 cm³/mol. The molecule has 0 saturated heterocycles. The van der Waals surface area contributed by atoms with Gasteiger partial charge in [-0.2, -0.15) is 0 Å². The van der Waals surface area contributed by atoms with E-state index in [-0.39, 0.29) is 43.3 Å². The largest absolute Gasteiger partial charge is 1.00 e. The van der Waals surface area contributed by atoms with Crippen LogP contribution in [-0.2, 0) is 15.0 Å². The molecule has 0 amide bonds. The summed E-state index contributed by atoms with van der Waals surface area (Å²) in [5.74, 6) is -3.35. The normalized spacial score (nSPS) is 9.56. The zero-order valence-electron chi connectivity index (χ0n) is 9.52. The monoisotopic (exact) mass is 206 g/mol. The molecule has 0 N–H and O–H groups in total. The minimum atomic E-state index is -2.10. The second-order valence-electron chi connectivity index (χ2n) is 3.07. The van der Waals surface area contributed by atoms with Crippen LogP contribution in [0.3, 0.4) is 0 Å². The Labute approximate surface area is 117 Å². The Balaban J connectivity index is 0. The molecule has 0 aromatic heterocycles. The van der Waals surface area contributed by atoms with Crippen LogP contribution in [0.4, 0.5) is 0 Å². The van der Waals surface area contributed by atoms with Gasteiger partial charge in [-0.05, 0) is 12.5 Å². The number of benzene rings is 1. The molecule has 0 unspecified atom stereocenters. The zero-order valence-corrected chi connectivity index (χ0v) is 9.52. The minimum Gasteiger partial charge on any atom is -0.549 e. The number of hydrogen-bond donors (Lipinski definition) is 0. The molecule has 0 saturated carbocycles. The smallest absolute Gasteiger partial charge is 0.549 e. The van der Waals surface area contributed by atoms with Crippen LogP contribution in [-0.4, -0.2) is 11.9 Å². The van der Waals surface area contributed by atoms with Crippen LogP contribution in [0.2, 0.25) is 0 Å². The summed E-state index contributed by atoms with van der Waals surface area (Å²) in [6.07, 6.45) is 0. The van der Waals surface area contributed by atoms with Crippen molar-refractivity contribution in [2.75, 3.05) is 0 Å². The maximum absolute atomic E-state index is 10.7. The summed E-state index contributed by atoms with van der Waals surface area (Å²) in [6.45, 7) is 1.05. The first kappa shape index (κ1) is 17.7. The van der Waals surface area contributed by atoms with Crippen LogP contribution in [0.1, 0.15) is 12.5 Å². The number of carboxylic acids is 2. The molecule has 4 nitrogen and oxygen atoms in total. The molecule has 0 bridgehead atoms. The molecule has 0 radical (unpaired) electrons. The van der Waals surface area contributed by atoms with Crippen LogP contribution in [0, 0.1) is 0 Å². The van der Waals surface area contributed by atoms with E-state index in [1.807, 2.05) is 0 Å². The molecular weight excluding hydrogens is 198 g/mol. The second kappa shape index (κ2) is 6.83. The van der Waals surface area contributed by atoms with Crippen molar-refractivity contribution in [3.8, 4) is 0 Å². The van der Waals surface area contributed by atoms with E-state index in [2.05, 4.69) is 0 Å². The Hall–Kier alpha value is -0.645. The van der Waals surface area contributed by atoms with Gasteiger partial charge in [0, 0.05) is 0 Å². The second-order valence-corrected chi connectivity index (χ2v) is 3.07. The molecule has 0 atom stereocenters. The maximum atomic E-state index is 10.7. The molecule has 1 rings (SSSR count). The first-order valence-corrected chi connectivity index (χ1v) is 3.98. The summed E-state index contributed by atoms with van der Waals surface area (Å²) >= 11 is 0. The molecule has 0 spiro atoms. The fourth-order valence-electron chi connectivity index (χ4n) is 1.09. The van der Waals surface area contributed by atoms with Crippen molar-refractivity contribution in [1.29, 1.82) is 0 Å². The molecule has 0 aliphatic rings. The zero-order chi connectivity index (χ0) is 10.8. The van der Waals surface area contributed by atoms with E-state index in [1.54, 1.807) is 18.2 Å². The Morgan fingerprint density at radius 3 is 1.69 bits per heavy atom. The van der Waals surface area contributed by atoms with Crippen LogP contribution >= 0.6 is 0 Å². The number of carbonyl (C=O) groups is 2. The van der Waals surface area contributed by atoms with E-state index in [1.165, 1.54) is 12.1 Å². The summed E-state index contributed by atoms with van der Waals surface area (Å²) in [4.78, 5) is 21.5. The number of rotatable bonds is 3. The van der Waals surface area contributed by atoms with E-state index >= 15 is 0 Å². The van der Waals surface area contributed by atoms with Gasteiger partial charge in [0.2, 0.25) is 0 Å². The van der Waals surface area contributed by atoms with Gasteiger partial charge in [0.1, 0.15) is 0 Å². The molecule has 16 heavy (non-hydrogen) atoms. The topological polar surface area (TPSA) is 80.3 Å². The van der Waals surface area contributed by atoms with Gasteiger partial charge in [-0.1, -0.05) is 30.3 Å². The van der Waals surface area contributed by atoms with Crippen molar-refractivity contribution in [2.45, 2.75) is 12.3 Å². The Morgan fingerprint density at radius 1 is 1.00 bits per heavy atom. The molecule has 0 heterocycles. The summed E-state index contributed by atoms with van der Waals surface area (Å²) in [6, 6.07) is 7.59. The van der Waals surface area contributed by atoms with Gasteiger partial charge in [-0.25, -0.2) is 0 Å². The van der Waals surface area contributed by atoms with Gasteiger partial charge < -0.3 is 19.8 Å². The van der Waals surface area contributed by atoms with E-state index in [0.717, 1.165) is 6.92 Å². The van der Waals surface area contributed by atoms with Crippen LogP contribution < -0.4 is 47.9 Å². The summed E-state index contributed by atoms with van der Waals surface area (Å²) < 4.78 is 0. The quantitative estimate of drug-likeness (QED) is 0.363. The van der Waals surface area contributed by atoms with Crippen molar-refractivity contribution in [3.05, 3.63) is 35.9 Å². The molecule has 0 aliphatic carbocycles. The van der Waals surface area contributed by atoms with E-state index in [4.69, 9.17) is 0 Å². The standard InChI is InChI=1S/C10H10O4.2Li/c1-10(8(11)12,9(13)14)7-5-3-2-4-6-7;;/h2-6H,1H3,(H,11,12)(H,13,14);;/q;2*+1/p-2. The van der Waals surface area contributed by atoms with Crippen molar-refractivity contribution < 1.29 is 57.5 Å². The third-order valence-electron chi connectivity index (χ3n) is 2.17. The van der Waals surface area contributed by atoms with Crippen molar-refractivity contribution in [3.63, 3.8) is 0 Å². The van der Waals surface area contributed by atoms with Crippen molar-refractivity contribution >= 4 is 11.9 Å². The average molecular weight is 206 g/mol. The number of hydrogen-bond acceptors (Lipinski definition) is 4. The molecule has 0 fully saturated rings. The van der Waals surface area contributed by atoms with Gasteiger partial charge in [-0.15, -0.1) is 0 Å². The van der Waals surface area contributed by atoms with Crippen molar-refractivity contribution in [1.82, 2.24) is 0 Å². The number of carbonyl (C=O) groups excluding carboxylic acids is 2. The molecular formula is C10H8Li2O4. The molecule has 74 valence electrons. The van der Waals surface area contributed by atoms with Gasteiger partial charge >= 0.3 is 37.7 Å². The van der Waals surface area contributed by atoms with Gasteiger partial charge in [0.05, 0.1) is 17.4 Å². The van der Waals surface area contributed by atoms with E-state index in [9.17, 15) is 19.8 Å². The van der Waals surface area contributed by atoms with E-state index < -0.39 is 17.4 Å². The minimum absolute atomic E-state index is 0. The number of carboxylic acid groups (broad SMARTS) is 2. The van der Waals surface area contributed by atoms with Gasteiger partial charge in [-0.3, -0.25) is 0 Å². The Morgan fingerprint density at radius 2 is 1.38 bits per heavy atom. The van der Waals surface area contributed by atoms with Gasteiger partial charge in [0.15, 0.2) is 0 Å². The first-order valence-electron chi connectivity index (χ1n) is 3.98. The van der Waals surface area contributed by atoms with Crippen LogP contribution in [0.25, 0.3) is 0 Å². The summed E-state index contributed by atoms with van der Waals surface area (Å²) in [7, 11) is 0. The molecule has 0 aliphatic heterocycles. The van der Waals surface area contributed by atoms with Crippen molar-refractivity contribution in [2.24, 2.45) is 0 Å². The van der Waals surface area contributed by atoms with Crippen LogP contribution in [0.15, 0.2) is 30.3 Å². The summed E-state index contributed by atoms with van der Waals surface area (Å²) in [5.41, 5.74) is -1.96. The molecule has 1 aromatic carbocycles. The average Bonchev–Trinajstić information content (AvgIpc) is 2.17. The SMILES string of the molecule is CC(C(=O)[O-])(C(=O)[O-])c1ccccc1.[Li+].[Li+]. The Bertz CT molecular complexity index is 350. The fraction of sp³-hybridized carbons (Fsp3) is 0.200. The molecule has 6 heteroatoms. The first-order chi connectivity index (χ1) is 6.49. The fourth-order valence-corrected chi connectivity index (χ4v) is 1.09. The third kappa shape index (κ3) is 3.17. The predicted octanol–water partition coefficient (Wildman–Crippen LogP) is -7.55. The maximum Gasteiger partial charge on any atom is 1.00 e. The summed E-state index contributed by atoms with van der Waals surface area (Å²) in [5, 5.41) is 21.5. The van der Waals surface area contributed by atoms with Gasteiger partial charge in [0.25, 0.3) is 0 Å².